The smallest absolute Gasteiger partial charge is 0.305 e. The summed E-state index contributed by atoms with van der Waals surface area (Å²) in [6, 6.07) is 0. The Morgan fingerprint density at radius 1 is 1.44 bits per heavy atom. The normalized spacial score (nSPS) is 12.4. The van der Waals surface area contributed by atoms with Gasteiger partial charge in [-0.15, -0.1) is 0 Å². The third-order valence-electron chi connectivity index (χ3n) is 2.43. The summed E-state index contributed by atoms with van der Waals surface area (Å²) in [4.78, 5) is 0. The molecular formula is C10H14BrF4N3. The predicted molar refractivity (Wildman–Crippen MR) is 63.0 cm³/mol. The van der Waals surface area contributed by atoms with Crippen molar-refractivity contribution in [2.24, 2.45) is 0 Å². The van der Waals surface area contributed by atoms with Gasteiger partial charge in [0.2, 0.25) is 0 Å². The fourth-order valence-electron chi connectivity index (χ4n) is 1.46. The lowest BCUT2D eigenvalue weighted by atomic mass is 10.3. The molecule has 0 aliphatic carbocycles. The van der Waals surface area contributed by atoms with Gasteiger partial charge in [-0.1, -0.05) is 0 Å². The van der Waals surface area contributed by atoms with E-state index in [1.54, 1.807) is 11.6 Å². The second-order valence-electron chi connectivity index (χ2n) is 3.83. The van der Waals surface area contributed by atoms with E-state index in [0.717, 1.165) is 5.69 Å². The van der Waals surface area contributed by atoms with Crippen LogP contribution in [0.3, 0.4) is 0 Å². The van der Waals surface area contributed by atoms with Gasteiger partial charge in [0, 0.05) is 13.1 Å². The van der Waals surface area contributed by atoms with Crippen LogP contribution in [0.2, 0.25) is 0 Å². The first-order chi connectivity index (χ1) is 8.29. The molecule has 0 aliphatic heterocycles. The van der Waals surface area contributed by atoms with Gasteiger partial charge in [-0.25, -0.2) is 8.78 Å². The number of hydrogen-bond acceptors (Lipinski definition) is 2. The molecule has 0 aliphatic rings. The highest BCUT2D eigenvalue weighted by molar-refractivity contribution is 9.10. The zero-order valence-corrected chi connectivity index (χ0v) is 11.6. The van der Waals surface area contributed by atoms with E-state index in [9.17, 15) is 17.6 Å². The van der Waals surface area contributed by atoms with Gasteiger partial charge in [0.05, 0.1) is 22.4 Å². The molecule has 0 saturated carbocycles. The largest absolute Gasteiger partial charge is 0.319 e. The molecule has 8 heteroatoms. The van der Waals surface area contributed by atoms with Crippen LogP contribution in [0.5, 0.6) is 0 Å². The molecule has 0 radical (unpaired) electrons. The molecule has 1 rings (SSSR count). The van der Waals surface area contributed by atoms with Crippen LogP contribution in [0.4, 0.5) is 17.6 Å². The number of nitrogens with zero attached hydrogens (tertiary/aromatic N) is 2. The fourth-order valence-corrected chi connectivity index (χ4v) is 1.89. The van der Waals surface area contributed by atoms with E-state index in [0.29, 0.717) is 16.7 Å². The molecule has 0 bridgehead atoms. The second-order valence-corrected chi connectivity index (χ2v) is 4.62. The van der Waals surface area contributed by atoms with Crippen LogP contribution in [0, 0.1) is 6.92 Å². The molecule has 0 spiro atoms. The van der Waals surface area contributed by atoms with Crippen LogP contribution in [0.15, 0.2) is 4.47 Å². The van der Waals surface area contributed by atoms with Crippen molar-refractivity contribution in [3.63, 3.8) is 0 Å². The van der Waals surface area contributed by atoms with Gasteiger partial charge < -0.3 is 5.32 Å². The average molecular weight is 332 g/mol. The minimum atomic E-state index is -4.02. The van der Waals surface area contributed by atoms with Crippen LogP contribution in [-0.4, -0.2) is 28.7 Å². The Morgan fingerprint density at radius 3 is 2.56 bits per heavy atom. The molecule has 1 heterocycles. The van der Waals surface area contributed by atoms with Crippen LogP contribution < -0.4 is 5.32 Å². The van der Waals surface area contributed by atoms with Crippen LogP contribution in [-0.2, 0) is 13.1 Å². The summed E-state index contributed by atoms with van der Waals surface area (Å²) in [7, 11) is 0. The molecule has 0 fully saturated rings. The van der Waals surface area contributed by atoms with Gasteiger partial charge in [0.1, 0.15) is 0 Å². The molecule has 0 amide bonds. The quantitative estimate of drug-likeness (QED) is 0.812. The average Bonchev–Trinajstić information content (AvgIpc) is 2.56. The molecule has 0 aromatic carbocycles. The van der Waals surface area contributed by atoms with Crippen molar-refractivity contribution in [3.8, 4) is 0 Å². The minimum Gasteiger partial charge on any atom is -0.305 e. The van der Waals surface area contributed by atoms with E-state index < -0.39 is 18.9 Å². The maximum atomic E-state index is 12.7. The molecule has 1 aromatic rings. The zero-order chi connectivity index (χ0) is 13.9. The SMILES string of the molecule is CCn1nc(C)c(Br)c1CNCC(F)(F)C(F)F. The summed E-state index contributed by atoms with van der Waals surface area (Å²) in [5, 5.41) is 6.50. The first kappa shape index (κ1) is 15.4. The van der Waals surface area contributed by atoms with E-state index in [-0.39, 0.29) is 6.54 Å². The third-order valence-corrected chi connectivity index (χ3v) is 3.46. The molecule has 0 atom stereocenters. The highest BCUT2D eigenvalue weighted by Crippen LogP contribution is 2.23. The van der Waals surface area contributed by atoms with Crippen LogP contribution in [0.1, 0.15) is 18.3 Å². The summed E-state index contributed by atoms with van der Waals surface area (Å²) < 4.78 is 51.6. The zero-order valence-electron chi connectivity index (χ0n) is 9.98. The summed E-state index contributed by atoms with van der Waals surface area (Å²) >= 11 is 3.29. The molecule has 1 N–H and O–H groups in total. The topological polar surface area (TPSA) is 29.9 Å². The van der Waals surface area contributed by atoms with Gasteiger partial charge in [-0.2, -0.15) is 13.9 Å². The van der Waals surface area contributed by atoms with Crippen molar-refractivity contribution in [3.05, 3.63) is 15.9 Å². The monoisotopic (exact) mass is 331 g/mol. The van der Waals surface area contributed by atoms with Gasteiger partial charge in [0.25, 0.3) is 0 Å². The van der Waals surface area contributed by atoms with Gasteiger partial charge >= 0.3 is 12.3 Å². The lowest BCUT2D eigenvalue weighted by Crippen LogP contribution is -2.38. The Balaban J connectivity index is 2.64. The Morgan fingerprint density at radius 2 is 2.06 bits per heavy atom. The van der Waals surface area contributed by atoms with Crippen molar-refractivity contribution in [1.29, 1.82) is 0 Å². The number of nitrogens with one attached hydrogen (secondary N) is 1. The molecule has 18 heavy (non-hydrogen) atoms. The van der Waals surface area contributed by atoms with Crippen molar-refractivity contribution >= 4 is 15.9 Å². The van der Waals surface area contributed by atoms with E-state index in [1.165, 1.54) is 0 Å². The molecule has 1 aromatic heterocycles. The minimum absolute atomic E-state index is 0.0531. The first-order valence-corrected chi connectivity index (χ1v) is 6.17. The third kappa shape index (κ3) is 3.44. The molecule has 104 valence electrons. The van der Waals surface area contributed by atoms with E-state index in [4.69, 9.17) is 0 Å². The summed E-state index contributed by atoms with van der Waals surface area (Å²) in [6.45, 7) is 3.20. The predicted octanol–water partition coefficient (Wildman–Crippen LogP) is 2.96. The number of halogens is 5. The summed E-state index contributed by atoms with van der Waals surface area (Å²) in [5.74, 6) is -4.02. The van der Waals surface area contributed by atoms with Crippen molar-refractivity contribution < 1.29 is 17.6 Å². The number of alkyl halides is 4. The van der Waals surface area contributed by atoms with E-state index in [1.807, 2.05) is 6.92 Å². The molecule has 0 unspecified atom stereocenters. The Hall–Kier alpha value is -0.630. The Bertz CT molecular complexity index is 406. The van der Waals surface area contributed by atoms with Crippen LogP contribution >= 0.6 is 15.9 Å². The standard InChI is InChI=1S/C10H14BrF4N3/c1-3-18-7(8(11)6(2)17-18)4-16-5-10(14,15)9(12)13/h9,16H,3-5H2,1-2H3. The highest BCUT2D eigenvalue weighted by Gasteiger charge is 2.40. The van der Waals surface area contributed by atoms with E-state index in [2.05, 4.69) is 26.3 Å². The Labute approximate surface area is 111 Å². The Kier molecular flexibility index (Phi) is 5.15. The van der Waals surface area contributed by atoms with Crippen molar-refractivity contribution in [1.82, 2.24) is 15.1 Å². The lowest BCUT2D eigenvalue weighted by molar-refractivity contribution is -0.125. The first-order valence-electron chi connectivity index (χ1n) is 5.38. The number of hydrogen-bond donors (Lipinski definition) is 1. The molecule has 3 nitrogen and oxygen atoms in total. The van der Waals surface area contributed by atoms with Crippen LogP contribution in [0.25, 0.3) is 0 Å². The van der Waals surface area contributed by atoms with Crippen molar-refractivity contribution in [2.75, 3.05) is 6.54 Å². The van der Waals surface area contributed by atoms with Gasteiger partial charge in [-0.05, 0) is 29.8 Å². The summed E-state index contributed by atoms with van der Waals surface area (Å²) in [6.07, 6.45) is -3.66. The summed E-state index contributed by atoms with van der Waals surface area (Å²) in [5.41, 5.74) is 1.40. The van der Waals surface area contributed by atoms with Gasteiger partial charge in [-0.3, -0.25) is 4.68 Å². The number of rotatable bonds is 6. The second kappa shape index (κ2) is 6.01. The van der Waals surface area contributed by atoms with Gasteiger partial charge in [0.15, 0.2) is 0 Å². The lowest BCUT2D eigenvalue weighted by Gasteiger charge is -2.16. The van der Waals surface area contributed by atoms with E-state index >= 15 is 0 Å². The maximum absolute atomic E-state index is 12.7. The van der Waals surface area contributed by atoms with Crippen molar-refractivity contribution in [2.45, 2.75) is 39.3 Å². The fraction of sp³-hybridized carbons (Fsp3) is 0.700. The highest BCUT2D eigenvalue weighted by atomic mass is 79.9. The number of aryl methyl sites for hydroxylation is 2. The maximum Gasteiger partial charge on any atom is 0.319 e. The molecular weight excluding hydrogens is 318 g/mol. The molecule has 0 saturated heterocycles. The number of aromatic nitrogens is 2.